The molecular weight excluding hydrogens is 242 g/mol. The fourth-order valence-electron chi connectivity index (χ4n) is 1.14. The Morgan fingerprint density at radius 3 is 2.88 bits per heavy atom. The summed E-state index contributed by atoms with van der Waals surface area (Å²) in [7, 11) is 0. The first-order chi connectivity index (χ1) is 7.66. The summed E-state index contributed by atoms with van der Waals surface area (Å²) in [5.74, 6) is 0. The predicted octanol–water partition coefficient (Wildman–Crippen LogP) is 3.17. The van der Waals surface area contributed by atoms with Crippen LogP contribution in [-0.4, -0.2) is 9.97 Å². The largest absolute Gasteiger partial charge is 0.397 e. The van der Waals surface area contributed by atoms with Crippen LogP contribution in [-0.2, 0) is 0 Å². The first-order valence-electron chi connectivity index (χ1n) is 4.67. The molecule has 0 aliphatic carbocycles. The van der Waals surface area contributed by atoms with Gasteiger partial charge in [0.05, 0.1) is 16.9 Å². The van der Waals surface area contributed by atoms with Gasteiger partial charge in [0.15, 0.2) is 0 Å². The van der Waals surface area contributed by atoms with Gasteiger partial charge < -0.3 is 5.73 Å². The zero-order valence-corrected chi connectivity index (χ0v) is 10.2. The summed E-state index contributed by atoms with van der Waals surface area (Å²) in [4.78, 5) is 8.40. The third kappa shape index (κ3) is 2.46. The average Bonchev–Trinajstić information content (AvgIpc) is 2.27. The quantitative estimate of drug-likeness (QED) is 0.891. The van der Waals surface area contributed by atoms with Gasteiger partial charge in [-0.2, -0.15) is 0 Å². The third-order valence-corrected chi connectivity index (χ3v) is 3.42. The van der Waals surface area contributed by atoms with E-state index in [-0.39, 0.29) is 0 Å². The van der Waals surface area contributed by atoms with Gasteiger partial charge in [-0.15, -0.1) is 0 Å². The molecule has 0 aliphatic heterocycles. The van der Waals surface area contributed by atoms with Gasteiger partial charge >= 0.3 is 0 Å². The molecule has 0 fully saturated rings. The highest BCUT2D eigenvalue weighted by molar-refractivity contribution is 7.99. The van der Waals surface area contributed by atoms with Crippen LogP contribution < -0.4 is 5.73 Å². The second kappa shape index (κ2) is 4.72. The van der Waals surface area contributed by atoms with E-state index >= 15 is 0 Å². The van der Waals surface area contributed by atoms with Crippen molar-refractivity contribution >= 4 is 29.1 Å². The zero-order chi connectivity index (χ0) is 11.5. The van der Waals surface area contributed by atoms with E-state index in [2.05, 4.69) is 9.97 Å². The minimum atomic E-state index is 0.628. The molecule has 82 valence electrons. The predicted molar refractivity (Wildman–Crippen MR) is 66.8 cm³/mol. The normalized spacial score (nSPS) is 10.4. The minimum absolute atomic E-state index is 0.628. The molecule has 2 rings (SSSR count). The second-order valence-electron chi connectivity index (χ2n) is 3.27. The molecule has 0 unspecified atom stereocenters. The standard InChI is InChI=1S/C11H10ClN3S/c1-7-5-10(15-6-9(7)13)16-11-8(12)3-2-4-14-11/h2-6H,13H2,1H3. The summed E-state index contributed by atoms with van der Waals surface area (Å²) in [6.45, 7) is 1.95. The first kappa shape index (κ1) is 11.2. The van der Waals surface area contributed by atoms with E-state index in [1.807, 2.05) is 13.0 Å². The lowest BCUT2D eigenvalue weighted by Gasteiger charge is -2.04. The first-order valence-corrected chi connectivity index (χ1v) is 5.87. The summed E-state index contributed by atoms with van der Waals surface area (Å²) in [6.07, 6.45) is 3.35. The molecule has 0 radical (unpaired) electrons. The Hall–Kier alpha value is -1.26. The topological polar surface area (TPSA) is 51.8 Å². The highest BCUT2D eigenvalue weighted by atomic mass is 35.5. The van der Waals surface area contributed by atoms with Crippen molar-refractivity contribution in [2.75, 3.05) is 5.73 Å². The molecule has 0 amide bonds. The highest BCUT2D eigenvalue weighted by Gasteiger charge is 2.05. The Bertz CT molecular complexity index is 516. The van der Waals surface area contributed by atoms with E-state index in [4.69, 9.17) is 17.3 Å². The number of nitrogen functional groups attached to an aromatic ring is 1. The van der Waals surface area contributed by atoms with Gasteiger partial charge in [0, 0.05) is 6.20 Å². The number of rotatable bonds is 2. The van der Waals surface area contributed by atoms with Crippen molar-refractivity contribution in [1.82, 2.24) is 9.97 Å². The maximum Gasteiger partial charge on any atom is 0.121 e. The monoisotopic (exact) mass is 251 g/mol. The summed E-state index contributed by atoms with van der Waals surface area (Å²) in [5.41, 5.74) is 7.39. The molecule has 16 heavy (non-hydrogen) atoms. The maximum atomic E-state index is 6.01. The van der Waals surface area contributed by atoms with Crippen LogP contribution in [0.25, 0.3) is 0 Å². The highest BCUT2D eigenvalue weighted by Crippen LogP contribution is 2.30. The Morgan fingerprint density at radius 1 is 1.38 bits per heavy atom. The average molecular weight is 252 g/mol. The van der Waals surface area contributed by atoms with Crippen LogP contribution in [0.5, 0.6) is 0 Å². The number of nitrogens with zero attached hydrogens (tertiary/aromatic N) is 2. The van der Waals surface area contributed by atoms with Crippen LogP contribution in [0.2, 0.25) is 5.02 Å². The Balaban J connectivity index is 2.28. The lowest BCUT2D eigenvalue weighted by molar-refractivity contribution is 1.08. The van der Waals surface area contributed by atoms with Gasteiger partial charge in [-0.3, -0.25) is 0 Å². The van der Waals surface area contributed by atoms with E-state index in [9.17, 15) is 0 Å². The van der Waals surface area contributed by atoms with Gasteiger partial charge in [-0.25, -0.2) is 9.97 Å². The number of anilines is 1. The van der Waals surface area contributed by atoms with Crippen LogP contribution in [0.3, 0.4) is 0 Å². The van der Waals surface area contributed by atoms with E-state index in [1.165, 1.54) is 11.8 Å². The molecule has 0 spiro atoms. The number of nitrogens with two attached hydrogens (primary N) is 1. The maximum absolute atomic E-state index is 6.01. The molecule has 0 atom stereocenters. The van der Waals surface area contributed by atoms with Crippen molar-refractivity contribution in [2.45, 2.75) is 17.0 Å². The fraction of sp³-hybridized carbons (Fsp3) is 0.0909. The fourth-order valence-corrected chi connectivity index (χ4v) is 2.20. The van der Waals surface area contributed by atoms with Gasteiger partial charge in [0.2, 0.25) is 0 Å². The lowest BCUT2D eigenvalue weighted by atomic mass is 10.3. The molecule has 2 aromatic rings. The SMILES string of the molecule is Cc1cc(Sc2ncccc2Cl)ncc1N. The molecule has 2 N–H and O–H groups in total. The second-order valence-corrected chi connectivity index (χ2v) is 4.69. The van der Waals surface area contributed by atoms with Gasteiger partial charge in [-0.1, -0.05) is 11.6 Å². The molecular formula is C11H10ClN3S. The van der Waals surface area contributed by atoms with Crippen LogP contribution in [0, 0.1) is 6.92 Å². The molecule has 0 saturated heterocycles. The Labute approximate surface area is 103 Å². The van der Waals surface area contributed by atoms with Crippen LogP contribution >= 0.6 is 23.4 Å². The molecule has 5 heteroatoms. The van der Waals surface area contributed by atoms with E-state index < -0.39 is 0 Å². The van der Waals surface area contributed by atoms with Crippen molar-refractivity contribution in [1.29, 1.82) is 0 Å². The van der Waals surface area contributed by atoms with Crippen molar-refractivity contribution in [2.24, 2.45) is 0 Å². The van der Waals surface area contributed by atoms with Gasteiger partial charge in [0.1, 0.15) is 10.1 Å². The molecule has 0 bridgehead atoms. The molecule has 0 saturated carbocycles. The third-order valence-electron chi connectivity index (χ3n) is 2.05. The van der Waals surface area contributed by atoms with Gasteiger partial charge in [0.25, 0.3) is 0 Å². The number of aromatic nitrogens is 2. The van der Waals surface area contributed by atoms with Crippen LogP contribution in [0.1, 0.15) is 5.56 Å². The number of halogens is 1. The zero-order valence-electron chi connectivity index (χ0n) is 8.64. The number of aryl methyl sites for hydroxylation is 1. The summed E-state index contributed by atoms with van der Waals surface area (Å²) in [6, 6.07) is 5.53. The Kier molecular flexibility index (Phi) is 3.31. The molecule has 3 nitrogen and oxygen atoms in total. The van der Waals surface area contributed by atoms with Crippen molar-refractivity contribution in [3.8, 4) is 0 Å². The smallest absolute Gasteiger partial charge is 0.121 e. The van der Waals surface area contributed by atoms with Crippen molar-refractivity contribution < 1.29 is 0 Å². The summed E-state index contributed by atoms with van der Waals surface area (Å²) >= 11 is 7.44. The molecule has 0 aromatic carbocycles. The van der Waals surface area contributed by atoms with Crippen LogP contribution in [0.4, 0.5) is 5.69 Å². The molecule has 0 aliphatic rings. The number of hydrogen-bond acceptors (Lipinski definition) is 4. The molecule has 2 heterocycles. The lowest BCUT2D eigenvalue weighted by Crippen LogP contribution is -1.92. The van der Waals surface area contributed by atoms with Crippen LogP contribution in [0.15, 0.2) is 40.6 Å². The molecule has 2 aromatic heterocycles. The van der Waals surface area contributed by atoms with Crippen molar-refractivity contribution in [3.63, 3.8) is 0 Å². The van der Waals surface area contributed by atoms with Gasteiger partial charge in [-0.05, 0) is 42.4 Å². The van der Waals surface area contributed by atoms with Crippen molar-refractivity contribution in [3.05, 3.63) is 41.2 Å². The number of hydrogen-bond donors (Lipinski definition) is 1. The summed E-state index contributed by atoms with van der Waals surface area (Å²) in [5, 5.41) is 2.22. The Morgan fingerprint density at radius 2 is 2.19 bits per heavy atom. The van der Waals surface area contributed by atoms with E-state index in [0.29, 0.717) is 10.7 Å². The number of pyridine rings is 2. The van der Waals surface area contributed by atoms with E-state index in [0.717, 1.165) is 15.6 Å². The summed E-state index contributed by atoms with van der Waals surface area (Å²) < 4.78 is 0. The minimum Gasteiger partial charge on any atom is -0.397 e. The van der Waals surface area contributed by atoms with E-state index in [1.54, 1.807) is 24.5 Å².